The lowest BCUT2D eigenvalue weighted by Crippen LogP contribution is -1.94. The molecule has 13 heavy (non-hydrogen) atoms. The first-order valence-corrected chi connectivity index (χ1v) is 4.03. The highest BCUT2D eigenvalue weighted by atomic mass is 16.6. The van der Waals surface area contributed by atoms with E-state index in [2.05, 4.69) is 0 Å². The van der Waals surface area contributed by atoms with Crippen LogP contribution < -0.4 is 0 Å². The van der Waals surface area contributed by atoms with Crippen molar-refractivity contribution in [3.63, 3.8) is 0 Å². The van der Waals surface area contributed by atoms with Crippen molar-refractivity contribution in [3.8, 4) is 5.75 Å². The molecular weight excluding hydrogens is 170 g/mol. The van der Waals surface area contributed by atoms with Gasteiger partial charge in [0.1, 0.15) is 0 Å². The van der Waals surface area contributed by atoms with Gasteiger partial charge in [-0.2, -0.15) is 0 Å². The molecule has 0 fully saturated rings. The third-order valence-corrected chi connectivity index (χ3v) is 2.00. The van der Waals surface area contributed by atoms with Crippen LogP contribution in [0.2, 0.25) is 0 Å². The van der Waals surface area contributed by atoms with Crippen LogP contribution in [-0.2, 0) is 6.42 Å². The number of nitro groups is 1. The lowest BCUT2D eigenvalue weighted by molar-refractivity contribution is -0.386. The van der Waals surface area contributed by atoms with Gasteiger partial charge in [-0.25, -0.2) is 0 Å². The quantitative estimate of drug-likeness (QED) is 0.561. The first-order chi connectivity index (χ1) is 6.07. The smallest absolute Gasteiger partial charge is 0.313 e. The normalized spacial score (nSPS) is 10.0. The van der Waals surface area contributed by atoms with Gasteiger partial charge in [0.2, 0.25) is 0 Å². The van der Waals surface area contributed by atoms with Crippen molar-refractivity contribution >= 4 is 5.69 Å². The summed E-state index contributed by atoms with van der Waals surface area (Å²) in [5, 5.41) is 20.1. The standard InChI is InChI=1S/C9H11NO3/c1-3-7-5-4-6(2)8(9(7)11)10(12)13/h4-5,11H,3H2,1-2H3. The van der Waals surface area contributed by atoms with Crippen LogP contribution in [0.1, 0.15) is 18.1 Å². The zero-order valence-corrected chi connectivity index (χ0v) is 7.57. The topological polar surface area (TPSA) is 63.4 Å². The van der Waals surface area contributed by atoms with E-state index in [-0.39, 0.29) is 11.4 Å². The van der Waals surface area contributed by atoms with Gasteiger partial charge in [-0.1, -0.05) is 19.1 Å². The Labute approximate surface area is 76.0 Å². The van der Waals surface area contributed by atoms with Gasteiger partial charge in [0.15, 0.2) is 5.75 Å². The second-order valence-electron chi connectivity index (χ2n) is 2.85. The first kappa shape index (κ1) is 9.51. The minimum atomic E-state index is -0.552. The van der Waals surface area contributed by atoms with Gasteiger partial charge in [-0.15, -0.1) is 0 Å². The summed E-state index contributed by atoms with van der Waals surface area (Å²) in [6.45, 7) is 3.45. The van der Waals surface area contributed by atoms with Gasteiger partial charge in [0.05, 0.1) is 4.92 Å². The fraction of sp³-hybridized carbons (Fsp3) is 0.333. The van der Waals surface area contributed by atoms with E-state index in [9.17, 15) is 15.2 Å². The molecule has 0 saturated heterocycles. The molecular formula is C9H11NO3. The number of hydrogen-bond donors (Lipinski definition) is 1. The number of phenolic OH excluding ortho intramolecular Hbond substituents is 1. The van der Waals surface area contributed by atoms with Crippen molar-refractivity contribution in [3.05, 3.63) is 33.4 Å². The minimum absolute atomic E-state index is 0.181. The molecule has 0 spiro atoms. The van der Waals surface area contributed by atoms with Crippen LogP contribution in [0.3, 0.4) is 0 Å². The molecule has 0 aliphatic heterocycles. The maximum absolute atomic E-state index is 10.6. The van der Waals surface area contributed by atoms with Gasteiger partial charge in [-0.05, 0) is 13.3 Å². The number of benzene rings is 1. The Morgan fingerprint density at radius 1 is 1.54 bits per heavy atom. The lowest BCUT2D eigenvalue weighted by atomic mass is 10.1. The molecule has 0 saturated carbocycles. The molecule has 0 unspecified atom stereocenters. The number of nitro benzene ring substituents is 1. The van der Waals surface area contributed by atoms with Gasteiger partial charge in [-0.3, -0.25) is 10.1 Å². The van der Waals surface area contributed by atoms with E-state index in [4.69, 9.17) is 0 Å². The molecule has 1 aromatic carbocycles. The minimum Gasteiger partial charge on any atom is -0.502 e. The van der Waals surface area contributed by atoms with E-state index in [0.29, 0.717) is 17.5 Å². The van der Waals surface area contributed by atoms with Crippen LogP contribution >= 0.6 is 0 Å². The maximum Gasteiger partial charge on any atom is 0.313 e. The Hall–Kier alpha value is -1.58. The van der Waals surface area contributed by atoms with E-state index in [1.54, 1.807) is 19.1 Å². The first-order valence-electron chi connectivity index (χ1n) is 4.03. The molecule has 0 amide bonds. The molecule has 1 N–H and O–H groups in total. The third kappa shape index (κ3) is 1.61. The highest BCUT2D eigenvalue weighted by Crippen LogP contribution is 2.32. The molecule has 0 radical (unpaired) electrons. The molecule has 0 bridgehead atoms. The summed E-state index contributed by atoms with van der Waals surface area (Å²) >= 11 is 0. The average molecular weight is 181 g/mol. The van der Waals surface area contributed by atoms with Crippen LogP contribution in [0.5, 0.6) is 5.75 Å². The molecule has 4 heteroatoms. The number of phenols is 1. The van der Waals surface area contributed by atoms with Crippen LogP contribution in [0.15, 0.2) is 12.1 Å². The number of nitrogens with zero attached hydrogens (tertiary/aromatic N) is 1. The van der Waals surface area contributed by atoms with Crippen molar-refractivity contribution in [1.29, 1.82) is 0 Å². The van der Waals surface area contributed by atoms with E-state index in [0.717, 1.165) is 0 Å². The second-order valence-corrected chi connectivity index (χ2v) is 2.85. The fourth-order valence-corrected chi connectivity index (χ4v) is 1.24. The second kappa shape index (κ2) is 3.43. The number of aryl methyl sites for hydroxylation is 2. The molecule has 0 aliphatic rings. The molecule has 1 aromatic rings. The van der Waals surface area contributed by atoms with Crippen LogP contribution in [0.25, 0.3) is 0 Å². The van der Waals surface area contributed by atoms with Gasteiger partial charge in [0.25, 0.3) is 0 Å². The highest BCUT2D eigenvalue weighted by molar-refractivity contribution is 5.55. The Balaban J connectivity index is 3.38. The summed E-state index contributed by atoms with van der Waals surface area (Å²) in [5.74, 6) is -0.201. The summed E-state index contributed by atoms with van der Waals surface area (Å²) in [7, 11) is 0. The van der Waals surface area contributed by atoms with Crippen molar-refractivity contribution < 1.29 is 10.0 Å². The summed E-state index contributed by atoms with van der Waals surface area (Å²) in [5.41, 5.74) is 0.913. The van der Waals surface area contributed by atoms with Gasteiger partial charge < -0.3 is 5.11 Å². The molecule has 0 atom stereocenters. The Morgan fingerprint density at radius 2 is 2.15 bits per heavy atom. The largest absolute Gasteiger partial charge is 0.502 e. The Morgan fingerprint density at radius 3 is 2.62 bits per heavy atom. The van der Waals surface area contributed by atoms with Gasteiger partial charge >= 0.3 is 5.69 Å². The van der Waals surface area contributed by atoms with E-state index < -0.39 is 4.92 Å². The monoisotopic (exact) mass is 181 g/mol. The molecule has 0 aliphatic carbocycles. The molecule has 0 aromatic heterocycles. The van der Waals surface area contributed by atoms with Gasteiger partial charge in [0, 0.05) is 11.1 Å². The summed E-state index contributed by atoms with van der Waals surface area (Å²) in [4.78, 5) is 10.0. The van der Waals surface area contributed by atoms with E-state index in [1.807, 2.05) is 6.92 Å². The van der Waals surface area contributed by atoms with Crippen LogP contribution in [0, 0.1) is 17.0 Å². The van der Waals surface area contributed by atoms with Crippen LogP contribution in [0.4, 0.5) is 5.69 Å². The zero-order valence-electron chi connectivity index (χ0n) is 7.57. The van der Waals surface area contributed by atoms with Crippen LogP contribution in [-0.4, -0.2) is 10.0 Å². The Kier molecular flexibility index (Phi) is 2.51. The van der Waals surface area contributed by atoms with E-state index in [1.165, 1.54) is 0 Å². The molecule has 1 rings (SSSR count). The lowest BCUT2D eigenvalue weighted by Gasteiger charge is -2.03. The predicted molar refractivity (Wildman–Crippen MR) is 48.9 cm³/mol. The Bertz CT molecular complexity index is 347. The predicted octanol–water partition coefficient (Wildman–Crippen LogP) is 2.17. The molecule has 70 valence electrons. The summed E-state index contributed by atoms with van der Waals surface area (Å²) in [6, 6.07) is 3.36. The number of aromatic hydroxyl groups is 1. The zero-order chi connectivity index (χ0) is 10.0. The fourth-order valence-electron chi connectivity index (χ4n) is 1.24. The summed E-state index contributed by atoms with van der Waals surface area (Å²) in [6.07, 6.45) is 0.590. The summed E-state index contributed by atoms with van der Waals surface area (Å²) < 4.78 is 0. The number of hydrogen-bond acceptors (Lipinski definition) is 3. The SMILES string of the molecule is CCc1ccc(C)c([N+](=O)[O-])c1O. The highest BCUT2D eigenvalue weighted by Gasteiger charge is 2.18. The molecule has 0 heterocycles. The molecule has 4 nitrogen and oxygen atoms in total. The van der Waals surface area contributed by atoms with E-state index >= 15 is 0 Å². The third-order valence-electron chi connectivity index (χ3n) is 2.00. The van der Waals surface area contributed by atoms with Crippen molar-refractivity contribution in [2.75, 3.05) is 0 Å². The van der Waals surface area contributed by atoms with Crippen molar-refractivity contribution in [2.45, 2.75) is 20.3 Å². The average Bonchev–Trinajstić information content (AvgIpc) is 2.04. The number of rotatable bonds is 2. The maximum atomic E-state index is 10.6. The van der Waals surface area contributed by atoms with Crippen molar-refractivity contribution in [1.82, 2.24) is 0 Å². The van der Waals surface area contributed by atoms with Crippen molar-refractivity contribution in [2.24, 2.45) is 0 Å².